The van der Waals surface area contributed by atoms with Gasteiger partial charge < -0.3 is 15.5 Å². The van der Waals surface area contributed by atoms with Gasteiger partial charge in [0.25, 0.3) is 11.8 Å². The normalized spacial score (nSPS) is 16.9. The number of unbranched alkanes of at least 4 members (excludes halogenated alkanes) is 3. The molecule has 0 radical (unpaired) electrons. The second-order valence-corrected chi connectivity index (χ2v) is 7.77. The molecule has 158 valence electrons. The third kappa shape index (κ3) is 6.11. The van der Waals surface area contributed by atoms with Gasteiger partial charge in [0.1, 0.15) is 0 Å². The Morgan fingerprint density at radius 3 is 2.24 bits per heavy atom. The summed E-state index contributed by atoms with van der Waals surface area (Å²) in [6.07, 6.45) is 4.94. The summed E-state index contributed by atoms with van der Waals surface area (Å²) in [5.74, 6) is -0.318. The number of carbonyl (C=O) groups is 3. The molecule has 1 aromatic rings. The second-order valence-electron chi connectivity index (χ2n) is 7.77. The van der Waals surface area contributed by atoms with Crippen molar-refractivity contribution >= 4 is 17.7 Å². The molecule has 29 heavy (non-hydrogen) atoms. The lowest BCUT2D eigenvalue weighted by molar-refractivity contribution is -0.121. The Balaban J connectivity index is 1.21. The van der Waals surface area contributed by atoms with Crippen LogP contribution < -0.4 is 10.6 Å². The average Bonchev–Trinajstić information content (AvgIpc) is 2.99. The number of rotatable bonds is 11. The van der Waals surface area contributed by atoms with E-state index in [1.54, 1.807) is 24.3 Å². The first-order chi connectivity index (χ1) is 14.2. The van der Waals surface area contributed by atoms with Crippen LogP contribution in [0.2, 0.25) is 0 Å². The molecule has 1 fully saturated rings. The summed E-state index contributed by atoms with van der Waals surface area (Å²) in [4.78, 5) is 40.3. The van der Waals surface area contributed by atoms with E-state index in [0.717, 1.165) is 71.4 Å². The fourth-order valence-corrected chi connectivity index (χ4v) is 3.89. The third-order valence-electron chi connectivity index (χ3n) is 5.60. The molecule has 0 spiro atoms. The van der Waals surface area contributed by atoms with Crippen LogP contribution in [0.4, 0.5) is 0 Å². The summed E-state index contributed by atoms with van der Waals surface area (Å²) in [5.41, 5.74) is 0.989. The first kappa shape index (κ1) is 21.5. The first-order valence-electron chi connectivity index (χ1n) is 10.8. The van der Waals surface area contributed by atoms with Crippen LogP contribution in [0.1, 0.15) is 59.2 Å². The number of nitrogens with one attached hydrogen (secondary N) is 2. The van der Waals surface area contributed by atoms with Gasteiger partial charge in [-0.2, -0.15) is 0 Å². The van der Waals surface area contributed by atoms with Crippen LogP contribution in [-0.2, 0) is 4.79 Å². The SMILES string of the molecule is O=C(CCCCCN1C(=O)c2ccccc2C1=O)NCCCCN1CCNCC1. The molecule has 0 saturated carbocycles. The molecule has 2 aliphatic rings. The molecule has 0 atom stereocenters. The number of carbonyl (C=O) groups excluding carboxylic acids is 3. The predicted molar refractivity (Wildman–Crippen MR) is 112 cm³/mol. The summed E-state index contributed by atoms with van der Waals surface area (Å²) in [6.45, 7) is 6.64. The number of nitrogens with zero attached hydrogens (tertiary/aromatic N) is 2. The van der Waals surface area contributed by atoms with Gasteiger partial charge in [0.2, 0.25) is 5.91 Å². The van der Waals surface area contributed by atoms with Gasteiger partial charge >= 0.3 is 0 Å². The molecule has 1 saturated heterocycles. The minimum Gasteiger partial charge on any atom is -0.356 e. The molecule has 2 N–H and O–H groups in total. The third-order valence-corrected chi connectivity index (χ3v) is 5.60. The predicted octanol–water partition coefficient (Wildman–Crippen LogP) is 1.64. The highest BCUT2D eigenvalue weighted by molar-refractivity contribution is 6.21. The number of hydrogen-bond donors (Lipinski definition) is 2. The number of imide groups is 1. The topological polar surface area (TPSA) is 81.8 Å². The molecule has 0 bridgehead atoms. The lowest BCUT2D eigenvalue weighted by atomic mass is 10.1. The van der Waals surface area contributed by atoms with Gasteiger partial charge in [0.05, 0.1) is 11.1 Å². The Hall–Kier alpha value is -2.25. The molecule has 2 heterocycles. The maximum atomic E-state index is 12.3. The van der Waals surface area contributed by atoms with Gasteiger partial charge in [-0.1, -0.05) is 18.6 Å². The molecule has 0 aromatic heterocycles. The minimum atomic E-state index is -0.204. The van der Waals surface area contributed by atoms with E-state index in [0.29, 0.717) is 24.1 Å². The molecule has 3 amide bonds. The van der Waals surface area contributed by atoms with Gasteiger partial charge in [-0.15, -0.1) is 0 Å². The van der Waals surface area contributed by atoms with Gasteiger partial charge in [0.15, 0.2) is 0 Å². The molecule has 2 aliphatic heterocycles. The summed E-state index contributed by atoms with van der Waals surface area (Å²) < 4.78 is 0. The van der Waals surface area contributed by atoms with Crippen molar-refractivity contribution in [1.82, 2.24) is 20.4 Å². The van der Waals surface area contributed by atoms with E-state index in [4.69, 9.17) is 0 Å². The zero-order valence-corrected chi connectivity index (χ0v) is 17.1. The quantitative estimate of drug-likeness (QED) is 0.436. The second kappa shape index (κ2) is 11.1. The standard InChI is InChI=1S/C22H32N4O3/c27-20(24-11-5-7-14-25-16-12-23-13-17-25)10-2-1-6-15-26-21(28)18-8-3-4-9-19(18)22(26)29/h3-4,8-9,23H,1-2,5-7,10-17H2,(H,24,27). The van der Waals surface area contributed by atoms with Crippen molar-refractivity contribution in [3.8, 4) is 0 Å². The lowest BCUT2D eigenvalue weighted by Gasteiger charge is -2.27. The van der Waals surface area contributed by atoms with E-state index in [1.165, 1.54) is 4.90 Å². The number of amides is 3. The smallest absolute Gasteiger partial charge is 0.261 e. The van der Waals surface area contributed by atoms with Crippen LogP contribution in [-0.4, -0.2) is 73.3 Å². The van der Waals surface area contributed by atoms with Gasteiger partial charge in [-0.25, -0.2) is 0 Å². The molecule has 0 unspecified atom stereocenters. The molecule has 7 heteroatoms. The number of hydrogen-bond acceptors (Lipinski definition) is 5. The van der Waals surface area contributed by atoms with Crippen LogP contribution in [0.15, 0.2) is 24.3 Å². The summed E-state index contributed by atoms with van der Waals surface area (Å²) in [5, 5.41) is 6.34. The monoisotopic (exact) mass is 400 g/mol. The highest BCUT2D eigenvalue weighted by Gasteiger charge is 2.34. The number of benzene rings is 1. The fraction of sp³-hybridized carbons (Fsp3) is 0.591. The van der Waals surface area contributed by atoms with Gasteiger partial charge in [-0.05, 0) is 44.4 Å². The van der Waals surface area contributed by atoms with E-state index in [1.807, 2.05) is 0 Å². The highest BCUT2D eigenvalue weighted by Crippen LogP contribution is 2.22. The van der Waals surface area contributed by atoms with E-state index >= 15 is 0 Å². The highest BCUT2D eigenvalue weighted by atomic mass is 16.2. The molecular formula is C22H32N4O3. The number of fused-ring (bicyclic) bond motifs is 1. The summed E-state index contributed by atoms with van der Waals surface area (Å²) in [7, 11) is 0. The van der Waals surface area contributed by atoms with Crippen LogP contribution in [0.25, 0.3) is 0 Å². The molecule has 1 aromatic carbocycles. The van der Waals surface area contributed by atoms with Crippen molar-refractivity contribution in [3.63, 3.8) is 0 Å². The zero-order valence-electron chi connectivity index (χ0n) is 17.1. The maximum Gasteiger partial charge on any atom is 0.261 e. The van der Waals surface area contributed by atoms with Crippen molar-refractivity contribution in [2.45, 2.75) is 38.5 Å². The lowest BCUT2D eigenvalue weighted by Crippen LogP contribution is -2.43. The van der Waals surface area contributed by atoms with Gasteiger partial charge in [0, 0.05) is 45.7 Å². The Bertz CT molecular complexity index is 681. The van der Waals surface area contributed by atoms with Crippen molar-refractivity contribution < 1.29 is 14.4 Å². The van der Waals surface area contributed by atoms with Crippen LogP contribution in [0.3, 0.4) is 0 Å². The Morgan fingerprint density at radius 2 is 1.55 bits per heavy atom. The molecule has 0 aliphatic carbocycles. The summed E-state index contributed by atoms with van der Waals surface area (Å²) in [6, 6.07) is 6.95. The van der Waals surface area contributed by atoms with E-state index < -0.39 is 0 Å². The van der Waals surface area contributed by atoms with Crippen molar-refractivity contribution in [2.24, 2.45) is 0 Å². The van der Waals surface area contributed by atoms with Crippen LogP contribution in [0.5, 0.6) is 0 Å². The molecule has 7 nitrogen and oxygen atoms in total. The Labute approximate surface area is 172 Å². The van der Waals surface area contributed by atoms with Crippen molar-refractivity contribution in [3.05, 3.63) is 35.4 Å². The Morgan fingerprint density at radius 1 is 0.897 bits per heavy atom. The molecular weight excluding hydrogens is 368 g/mol. The van der Waals surface area contributed by atoms with Crippen LogP contribution in [0, 0.1) is 0 Å². The van der Waals surface area contributed by atoms with E-state index in [-0.39, 0.29) is 17.7 Å². The Kier molecular flexibility index (Phi) is 8.19. The largest absolute Gasteiger partial charge is 0.356 e. The van der Waals surface area contributed by atoms with E-state index in [2.05, 4.69) is 15.5 Å². The van der Waals surface area contributed by atoms with Gasteiger partial charge in [-0.3, -0.25) is 19.3 Å². The van der Waals surface area contributed by atoms with Crippen molar-refractivity contribution in [2.75, 3.05) is 45.8 Å². The maximum absolute atomic E-state index is 12.3. The first-order valence-corrected chi connectivity index (χ1v) is 10.8. The van der Waals surface area contributed by atoms with E-state index in [9.17, 15) is 14.4 Å². The molecule has 3 rings (SSSR count). The van der Waals surface area contributed by atoms with Crippen molar-refractivity contribution in [1.29, 1.82) is 0 Å². The zero-order chi connectivity index (χ0) is 20.5. The minimum absolute atomic E-state index is 0.0907. The fourth-order valence-electron chi connectivity index (χ4n) is 3.89. The van der Waals surface area contributed by atoms with Crippen LogP contribution >= 0.6 is 0 Å². The number of piperazine rings is 1. The average molecular weight is 401 g/mol. The summed E-state index contributed by atoms with van der Waals surface area (Å²) >= 11 is 0.